The first kappa shape index (κ1) is 28.0. The van der Waals surface area contributed by atoms with Crippen LogP contribution in [-0.4, -0.2) is 74.1 Å². The minimum atomic E-state index is -0.720. The molecule has 0 aliphatic carbocycles. The molecule has 0 bridgehead atoms. The lowest BCUT2D eigenvalue weighted by molar-refractivity contribution is 0.0248. The Morgan fingerprint density at radius 2 is 1.84 bits per heavy atom. The molecule has 0 spiro atoms. The van der Waals surface area contributed by atoms with Crippen LogP contribution in [0.3, 0.4) is 0 Å². The zero-order chi connectivity index (χ0) is 27.3. The summed E-state index contributed by atoms with van der Waals surface area (Å²) in [5.74, 6) is -0.492. The molecule has 2 heterocycles. The van der Waals surface area contributed by atoms with Crippen molar-refractivity contribution in [1.29, 1.82) is 0 Å². The van der Waals surface area contributed by atoms with Crippen LogP contribution in [0.1, 0.15) is 37.4 Å². The van der Waals surface area contributed by atoms with E-state index in [0.29, 0.717) is 30.8 Å². The van der Waals surface area contributed by atoms with Crippen molar-refractivity contribution >= 4 is 22.3 Å². The molecule has 3 aromatic rings. The quantitative estimate of drug-likeness (QED) is 0.336. The molecule has 0 amide bonds. The molecular weight excluding hydrogens is 490 g/mol. The SMILES string of the molecule is COc1ccc2ncc(N(C)C)c([C@H](O)CCC3(CO)CCN(CCNc4cc(F)cc(F)c4)CC3)c2c1. The standard InChI is InChI=1S/C29H38F2N4O3/c1-34(2)26-18-33-25-5-4-23(38-3)17-24(25)28(26)27(37)6-7-29(19-36)8-11-35(12-9-29)13-10-32-22-15-20(30)14-21(31)16-22/h4-5,14-18,27,32,36-37H,6-13,19H2,1-3H3/t27-/m1/s1. The monoisotopic (exact) mass is 528 g/mol. The van der Waals surface area contributed by atoms with E-state index in [2.05, 4.69) is 15.2 Å². The molecule has 1 aromatic heterocycles. The van der Waals surface area contributed by atoms with Gasteiger partial charge in [0.2, 0.25) is 0 Å². The minimum Gasteiger partial charge on any atom is -0.497 e. The third-order valence-electron chi connectivity index (χ3n) is 7.73. The van der Waals surface area contributed by atoms with E-state index in [0.717, 1.165) is 60.7 Å². The Kier molecular flexibility index (Phi) is 9.02. The molecule has 4 rings (SSSR count). The van der Waals surface area contributed by atoms with Crippen LogP contribution in [0.25, 0.3) is 10.9 Å². The number of anilines is 2. The fourth-order valence-electron chi connectivity index (χ4n) is 5.35. The topological polar surface area (TPSA) is 81.1 Å². The van der Waals surface area contributed by atoms with Crippen molar-refractivity contribution in [3.8, 4) is 5.75 Å². The zero-order valence-corrected chi connectivity index (χ0v) is 22.4. The number of aliphatic hydroxyl groups excluding tert-OH is 2. The maximum absolute atomic E-state index is 13.4. The summed E-state index contributed by atoms with van der Waals surface area (Å²) in [6.45, 7) is 3.00. The molecule has 1 atom stereocenters. The molecule has 0 saturated carbocycles. The number of nitrogens with zero attached hydrogens (tertiary/aromatic N) is 3. The maximum Gasteiger partial charge on any atom is 0.128 e. The summed E-state index contributed by atoms with van der Waals surface area (Å²) in [5, 5.41) is 25.7. The Hall–Kier alpha value is -3.01. The maximum atomic E-state index is 13.4. The summed E-state index contributed by atoms with van der Waals surface area (Å²) >= 11 is 0. The second kappa shape index (κ2) is 12.2. The third-order valence-corrected chi connectivity index (χ3v) is 7.73. The van der Waals surface area contributed by atoms with E-state index in [1.165, 1.54) is 12.1 Å². The number of likely N-dealkylation sites (tertiary alicyclic amines) is 1. The van der Waals surface area contributed by atoms with Gasteiger partial charge in [0, 0.05) is 56.5 Å². The number of pyridine rings is 1. The highest BCUT2D eigenvalue weighted by atomic mass is 19.1. The average molecular weight is 529 g/mol. The third kappa shape index (κ3) is 6.51. The molecular formula is C29H38F2N4O3. The molecule has 1 aliphatic rings. The summed E-state index contributed by atoms with van der Waals surface area (Å²) in [7, 11) is 5.49. The van der Waals surface area contributed by atoms with Gasteiger partial charge < -0.3 is 30.1 Å². The molecule has 7 nitrogen and oxygen atoms in total. The molecule has 1 saturated heterocycles. The van der Waals surface area contributed by atoms with Crippen LogP contribution in [0.5, 0.6) is 5.75 Å². The first-order valence-corrected chi connectivity index (χ1v) is 13.1. The van der Waals surface area contributed by atoms with Gasteiger partial charge in [-0.3, -0.25) is 4.98 Å². The Morgan fingerprint density at radius 3 is 2.47 bits per heavy atom. The van der Waals surface area contributed by atoms with E-state index >= 15 is 0 Å². The van der Waals surface area contributed by atoms with E-state index < -0.39 is 17.7 Å². The Bertz CT molecular complexity index is 1210. The first-order valence-electron chi connectivity index (χ1n) is 13.1. The van der Waals surface area contributed by atoms with Crippen LogP contribution in [-0.2, 0) is 0 Å². The summed E-state index contributed by atoms with van der Waals surface area (Å²) in [5.41, 5.74) is 2.65. The number of aromatic nitrogens is 1. The van der Waals surface area contributed by atoms with Gasteiger partial charge >= 0.3 is 0 Å². The average Bonchev–Trinajstić information content (AvgIpc) is 2.91. The van der Waals surface area contributed by atoms with Crippen LogP contribution in [0.4, 0.5) is 20.2 Å². The van der Waals surface area contributed by atoms with Crippen LogP contribution in [0, 0.1) is 17.0 Å². The molecule has 9 heteroatoms. The number of halogens is 2. The zero-order valence-electron chi connectivity index (χ0n) is 22.4. The smallest absolute Gasteiger partial charge is 0.128 e. The number of nitrogens with one attached hydrogen (secondary N) is 1. The van der Waals surface area contributed by atoms with Gasteiger partial charge in [0.05, 0.1) is 30.6 Å². The minimum absolute atomic E-state index is 0.0693. The second-order valence-electron chi connectivity index (χ2n) is 10.5. The van der Waals surface area contributed by atoms with Gasteiger partial charge in [0.25, 0.3) is 0 Å². The second-order valence-corrected chi connectivity index (χ2v) is 10.5. The van der Waals surface area contributed by atoms with Gasteiger partial charge in [0.1, 0.15) is 17.4 Å². The van der Waals surface area contributed by atoms with E-state index in [-0.39, 0.29) is 12.0 Å². The Morgan fingerprint density at radius 1 is 1.13 bits per heavy atom. The van der Waals surface area contributed by atoms with Crippen molar-refractivity contribution in [3.05, 3.63) is 59.8 Å². The number of hydrogen-bond acceptors (Lipinski definition) is 7. The van der Waals surface area contributed by atoms with Gasteiger partial charge in [-0.05, 0) is 74.5 Å². The summed E-state index contributed by atoms with van der Waals surface area (Å²) in [4.78, 5) is 8.81. The molecule has 206 valence electrons. The number of ether oxygens (including phenoxy) is 1. The Labute approximate surface area is 223 Å². The lowest BCUT2D eigenvalue weighted by Crippen LogP contribution is -2.43. The molecule has 3 N–H and O–H groups in total. The highest BCUT2D eigenvalue weighted by Crippen LogP contribution is 2.41. The Balaban J connectivity index is 1.37. The molecule has 1 aliphatic heterocycles. The van der Waals surface area contributed by atoms with Crippen molar-refractivity contribution in [3.63, 3.8) is 0 Å². The van der Waals surface area contributed by atoms with Crippen molar-refractivity contribution in [1.82, 2.24) is 9.88 Å². The number of hydrogen-bond donors (Lipinski definition) is 3. The van der Waals surface area contributed by atoms with E-state index in [1.807, 2.05) is 37.2 Å². The molecule has 2 aromatic carbocycles. The fourth-order valence-corrected chi connectivity index (χ4v) is 5.35. The van der Waals surface area contributed by atoms with E-state index in [4.69, 9.17) is 4.74 Å². The van der Waals surface area contributed by atoms with Crippen LogP contribution in [0.15, 0.2) is 42.6 Å². The predicted octanol–water partition coefficient (Wildman–Crippen LogP) is 4.59. The number of piperidine rings is 1. The van der Waals surface area contributed by atoms with E-state index in [9.17, 15) is 19.0 Å². The van der Waals surface area contributed by atoms with Gasteiger partial charge in [0.15, 0.2) is 0 Å². The normalized spacial score (nSPS) is 16.4. The number of methoxy groups -OCH3 is 1. The van der Waals surface area contributed by atoms with Crippen molar-refractivity contribution < 1.29 is 23.7 Å². The highest BCUT2D eigenvalue weighted by molar-refractivity contribution is 5.88. The molecule has 0 radical (unpaired) electrons. The van der Waals surface area contributed by atoms with Crippen LogP contribution >= 0.6 is 0 Å². The lowest BCUT2D eigenvalue weighted by Gasteiger charge is -2.41. The fraction of sp³-hybridized carbons (Fsp3) is 0.483. The largest absolute Gasteiger partial charge is 0.497 e. The van der Waals surface area contributed by atoms with Crippen molar-refractivity contribution in [2.75, 3.05) is 64.2 Å². The lowest BCUT2D eigenvalue weighted by atomic mass is 9.74. The predicted molar refractivity (Wildman–Crippen MR) is 147 cm³/mol. The van der Waals surface area contributed by atoms with Gasteiger partial charge in [-0.1, -0.05) is 0 Å². The molecule has 38 heavy (non-hydrogen) atoms. The molecule has 1 fully saturated rings. The first-order chi connectivity index (χ1) is 18.2. The highest BCUT2D eigenvalue weighted by Gasteiger charge is 2.34. The number of fused-ring (bicyclic) bond motifs is 1. The van der Waals surface area contributed by atoms with Crippen LogP contribution < -0.4 is 15.0 Å². The van der Waals surface area contributed by atoms with E-state index in [1.54, 1.807) is 13.3 Å². The van der Waals surface area contributed by atoms with Gasteiger partial charge in [-0.2, -0.15) is 0 Å². The number of benzene rings is 2. The van der Waals surface area contributed by atoms with Crippen molar-refractivity contribution in [2.24, 2.45) is 5.41 Å². The van der Waals surface area contributed by atoms with Crippen LogP contribution in [0.2, 0.25) is 0 Å². The summed E-state index contributed by atoms with van der Waals surface area (Å²) < 4.78 is 32.2. The summed E-state index contributed by atoms with van der Waals surface area (Å²) in [6, 6.07) is 9.10. The summed E-state index contributed by atoms with van der Waals surface area (Å²) in [6.07, 6.45) is 3.92. The van der Waals surface area contributed by atoms with Crippen molar-refractivity contribution in [2.45, 2.75) is 31.8 Å². The number of aliphatic hydroxyl groups is 2. The number of rotatable bonds is 11. The van der Waals surface area contributed by atoms with Gasteiger partial charge in [-0.15, -0.1) is 0 Å². The molecule has 0 unspecified atom stereocenters. The van der Waals surface area contributed by atoms with Gasteiger partial charge in [-0.25, -0.2) is 8.78 Å².